The third kappa shape index (κ3) is 5.61. The van der Waals surface area contributed by atoms with Crippen molar-refractivity contribution >= 4 is 59.3 Å². The summed E-state index contributed by atoms with van der Waals surface area (Å²) in [5.74, 6) is -1.52. The Kier molecular flexibility index (Phi) is 8.61. The number of nitrogens with zero attached hydrogens (tertiary/aromatic N) is 3. The summed E-state index contributed by atoms with van der Waals surface area (Å²) in [5, 5.41) is 8.12. The summed E-state index contributed by atoms with van der Waals surface area (Å²) >= 11 is 14.1. The van der Waals surface area contributed by atoms with Gasteiger partial charge in [0, 0.05) is 47.2 Å². The number of hydrogen-bond acceptors (Lipinski definition) is 10. The average molecular weight is 859 g/mol. The highest BCUT2D eigenvalue weighted by Crippen LogP contribution is 2.62. The van der Waals surface area contributed by atoms with Crippen molar-refractivity contribution in [3.63, 3.8) is 0 Å². The number of carbonyl (C=O) groups is 2. The molecule has 0 saturated carbocycles. The molecule has 0 fully saturated rings. The number of halogens is 2. The first-order chi connectivity index (χ1) is 28.1. The Morgan fingerprint density at radius 2 is 1.80 bits per heavy atom. The molecule has 7 heterocycles. The summed E-state index contributed by atoms with van der Waals surface area (Å²) in [6, 6.07) is 16.9. The topological polar surface area (TPSA) is 191 Å². The molecule has 1 amide bonds. The smallest absolute Gasteiger partial charge is 0.469 e. The van der Waals surface area contributed by atoms with Gasteiger partial charge in [-0.1, -0.05) is 93.4 Å². The number of aromatic nitrogens is 3. The maximum atomic E-state index is 14.5. The molecule has 5 unspecified atom stereocenters. The van der Waals surface area contributed by atoms with E-state index in [1.54, 1.807) is 13.8 Å². The minimum atomic E-state index is -5.03. The number of hydrogen-bond donors (Lipinski definition) is 4. The van der Waals surface area contributed by atoms with Gasteiger partial charge in [0.25, 0.3) is 5.89 Å². The van der Waals surface area contributed by atoms with Crippen molar-refractivity contribution in [2.24, 2.45) is 24.8 Å². The number of anilines is 1. The van der Waals surface area contributed by atoms with E-state index >= 15 is 0 Å². The molecule has 10 bridgehead atoms. The fourth-order valence-corrected chi connectivity index (χ4v) is 10.5. The van der Waals surface area contributed by atoms with Gasteiger partial charge in [-0.2, -0.15) is 4.98 Å². The first-order valence-electron chi connectivity index (χ1n) is 19.3. The van der Waals surface area contributed by atoms with Gasteiger partial charge in [0.15, 0.2) is 34.4 Å². The Morgan fingerprint density at radius 1 is 1.03 bits per heavy atom. The molecule has 59 heavy (non-hydrogen) atoms. The fourth-order valence-electron chi connectivity index (χ4n) is 9.37. The molecule has 3 aromatic carbocycles. The molecule has 10 rings (SSSR count). The molecular weight excluding hydrogens is 820 g/mol. The summed E-state index contributed by atoms with van der Waals surface area (Å²) in [5.41, 5.74) is 5.28. The van der Waals surface area contributed by atoms with Crippen molar-refractivity contribution in [3.8, 4) is 39.8 Å². The second-order valence-electron chi connectivity index (χ2n) is 16.4. The number of oxazole rings is 2. The van der Waals surface area contributed by atoms with Gasteiger partial charge in [-0.15, -0.1) is 0 Å². The summed E-state index contributed by atoms with van der Waals surface area (Å²) in [6.07, 6.45) is -2.45. The van der Waals surface area contributed by atoms with Gasteiger partial charge in [0.2, 0.25) is 11.8 Å². The number of phosphoric ester groups is 1. The zero-order valence-electron chi connectivity index (χ0n) is 32.4. The second-order valence-corrected chi connectivity index (χ2v) is 18.3. The van der Waals surface area contributed by atoms with E-state index in [4.69, 9.17) is 51.3 Å². The van der Waals surface area contributed by atoms with Gasteiger partial charge in [-0.25, -0.2) is 9.55 Å². The van der Waals surface area contributed by atoms with Gasteiger partial charge < -0.3 is 38.6 Å². The number of para-hydroxylation sites is 1. The van der Waals surface area contributed by atoms with E-state index in [2.05, 4.69) is 10.6 Å². The van der Waals surface area contributed by atoms with E-state index in [1.807, 2.05) is 80.1 Å². The highest BCUT2D eigenvalue weighted by molar-refractivity contribution is 7.46. The van der Waals surface area contributed by atoms with E-state index in [-0.39, 0.29) is 47.1 Å². The van der Waals surface area contributed by atoms with Crippen LogP contribution in [0.3, 0.4) is 0 Å². The molecule has 17 heteroatoms. The lowest BCUT2D eigenvalue weighted by Gasteiger charge is -2.29. The monoisotopic (exact) mass is 857 g/mol. The molecular formula is C42H38Cl2N5O9P. The van der Waals surface area contributed by atoms with E-state index in [0.29, 0.717) is 27.8 Å². The predicted molar refractivity (Wildman–Crippen MR) is 218 cm³/mol. The largest absolute Gasteiger partial charge is 0.470 e. The number of phosphoric acid groups is 1. The molecule has 1 spiro atoms. The van der Waals surface area contributed by atoms with Crippen LogP contribution in [0.1, 0.15) is 68.5 Å². The van der Waals surface area contributed by atoms with Crippen LogP contribution in [0.2, 0.25) is 10.3 Å². The molecule has 6 aromatic rings. The minimum Gasteiger partial charge on any atom is -0.469 e. The number of aryl methyl sites for hydroxylation is 1. The number of rotatable bonds is 7. The average Bonchev–Trinajstić information content (AvgIpc) is 3.97. The number of amides is 1. The highest BCUT2D eigenvalue weighted by Gasteiger charge is 2.62. The number of ether oxygens (including phenoxy) is 1. The lowest BCUT2D eigenvalue weighted by Crippen LogP contribution is -2.41. The van der Waals surface area contributed by atoms with Crippen molar-refractivity contribution < 1.29 is 42.0 Å². The SMILES string of the molecule is CC(C)C(OP(=O)(O)O)C(=O)CC1Cc2ccc3c(c2)C24c5cccc(c5NC2O3)-c2cccc3c2c(c(Cl)n3C)-c2oc(nc2Cl)-c2nc(oc24)C(C(C)C)NC1=O. The summed E-state index contributed by atoms with van der Waals surface area (Å²) in [4.78, 5) is 57.4. The van der Waals surface area contributed by atoms with Gasteiger partial charge in [-0.3, -0.25) is 14.1 Å². The lowest BCUT2D eigenvalue weighted by molar-refractivity contribution is -0.134. The molecule has 3 aromatic heterocycles. The summed E-state index contributed by atoms with van der Waals surface area (Å²) < 4.78 is 39.2. The Bertz CT molecular complexity index is 2840. The van der Waals surface area contributed by atoms with Crippen LogP contribution in [-0.4, -0.2) is 48.3 Å². The molecule has 0 aliphatic carbocycles. The van der Waals surface area contributed by atoms with Crippen molar-refractivity contribution in [2.75, 3.05) is 5.32 Å². The number of Topliss-reactive ketones (excluding diaryl/α,β-unsaturated/α-hetero) is 1. The van der Waals surface area contributed by atoms with Crippen molar-refractivity contribution in [1.82, 2.24) is 19.9 Å². The zero-order valence-corrected chi connectivity index (χ0v) is 34.8. The molecule has 4 aliphatic rings. The molecule has 0 radical (unpaired) electrons. The molecule has 5 atom stereocenters. The van der Waals surface area contributed by atoms with Gasteiger partial charge in [0.05, 0.1) is 11.1 Å². The Hall–Kier alpha value is -4.95. The van der Waals surface area contributed by atoms with Crippen LogP contribution in [0, 0.1) is 17.8 Å². The first kappa shape index (κ1) is 38.3. The highest BCUT2D eigenvalue weighted by atomic mass is 35.5. The Balaban J connectivity index is 1.25. The second kappa shape index (κ2) is 13.3. The molecule has 4 N–H and O–H groups in total. The standard InChI is InChI=1S/C42H38Cl2N5O9P/c1-17(2)30-39-46-32-35(57-39)42-23-10-6-9-22(21-8-7-11-25-28(21)29(37(44)49(25)5)34-36(43)48-40(32)56-34)31(23)47-41(42)55-27-13-12-19(15-24(27)42)14-20(38(51)45-30)16-26(50)33(18(3)4)58-59(52,53)54/h6-13,15,17-18,20,30,33,41,47H,14,16H2,1-5H3,(H,45,51)(H2,52,53,54). The number of carbonyl (C=O) groups excluding carboxylic acids is 2. The van der Waals surface area contributed by atoms with Crippen LogP contribution < -0.4 is 15.4 Å². The number of fused-ring (bicyclic) bond motifs is 7. The third-order valence-corrected chi connectivity index (χ3v) is 13.2. The van der Waals surface area contributed by atoms with Gasteiger partial charge >= 0.3 is 7.82 Å². The molecule has 4 aliphatic heterocycles. The van der Waals surface area contributed by atoms with Crippen LogP contribution in [0.15, 0.2) is 63.4 Å². The van der Waals surface area contributed by atoms with E-state index < -0.39 is 55.1 Å². The number of nitrogens with one attached hydrogen (secondary N) is 2. The Labute approximate surface area is 347 Å². The van der Waals surface area contributed by atoms with Crippen LogP contribution in [0.5, 0.6) is 5.75 Å². The van der Waals surface area contributed by atoms with Gasteiger partial charge in [0.1, 0.15) is 28.5 Å². The van der Waals surface area contributed by atoms with Crippen molar-refractivity contribution in [1.29, 1.82) is 0 Å². The van der Waals surface area contributed by atoms with Gasteiger partial charge in [-0.05, 0) is 41.5 Å². The van der Waals surface area contributed by atoms with Crippen LogP contribution in [0.4, 0.5) is 5.69 Å². The van der Waals surface area contributed by atoms with Crippen molar-refractivity contribution in [2.45, 2.75) is 64.3 Å². The van der Waals surface area contributed by atoms with E-state index in [1.165, 1.54) is 0 Å². The van der Waals surface area contributed by atoms with Crippen LogP contribution in [0.25, 0.3) is 44.9 Å². The minimum absolute atomic E-state index is 0.0681. The number of ketones is 1. The first-order valence-corrected chi connectivity index (χ1v) is 21.6. The van der Waals surface area contributed by atoms with Crippen molar-refractivity contribution in [3.05, 3.63) is 93.2 Å². The summed E-state index contributed by atoms with van der Waals surface area (Å²) in [6.45, 7) is 7.06. The van der Waals surface area contributed by atoms with E-state index in [9.17, 15) is 23.9 Å². The zero-order chi connectivity index (χ0) is 41.4. The predicted octanol–water partition coefficient (Wildman–Crippen LogP) is 8.33. The van der Waals surface area contributed by atoms with E-state index in [0.717, 1.165) is 38.8 Å². The fraction of sp³-hybridized carbons (Fsp3) is 0.333. The maximum Gasteiger partial charge on any atom is 0.470 e. The Morgan fingerprint density at radius 3 is 2.54 bits per heavy atom. The maximum absolute atomic E-state index is 14.5. The normalized spacial score (nSPS) is 21.7. The third-order valence-electron chi connectivity index (χ3n) is 12.0. The molecule has 14 nitrogen and oxygen atoms in total. The quantitative estimate of drug-likeness (QED) is 0.112. The number of benzene rings is 3. The molecule has 304 valence electrons. The lowest BCUT2D eigenvalue weighted by atomic mass is 9.72. The molecule has 0 saturated heterocycles. The van der Waals surface area contributed by atoms with Crippen LogP contribution in [-0.2, 0) is 37.6 Å². The summed E-state index contributed by atoms with van der Waals surface area (Å²) in [7, 11) is -3.15. The van der Waals surface area contributed by atoms with Crippen LogP contribution >= 0.6 is 31.0 Å².